The lowest BCUT2D eigenvalue weighted by Gasteiger charge is -2.09. The highest BCUT2D eigenvalue weighted by Gasteiger charge is 2.24. The Kier molecular flexibility index (Phi) is 2.45. The number of hydrogen-bond donors (Lipinski definition) is 0. The van der Waals surface area contributed by atoms with Crippen LogP contribution in [0.25, 0.3) is 0 Å². The van der Waals surface area contributed by atoms with Crippen molar-refractivity contribution in [3.05, 3.63) is 28.8 Å². The van der Waals surface area contributed by atoms with Crippen molar-refractivity contribution in [3.63, 3.8) is 0 Å². The van der Waals surface area contributed by atoms with E-state index < -0.39 is 0 Å². The molecule has 0 spiro atoms. The van der Waals surface area contributed by atoms with Gasteiger partial charge in [0.1, 0.15) is 5.75 Å². The minimum absolute atomic E-state index is 0.464. The molecule has 1 fully saturated rings. The van der Waals surface area contributed by atoms with Crippen LogP contribution in [-0.2, 0) is 6.42 Å². The number of rotatable bonds is 3. The van der Waals surface area contributed by atoms with Crippen molar-refractivity contribution in [2.45, 2.75) is 32.3 Å². The van der Waals surface area contributed by atoms with Crippen molar-refractivity contribution < 1.29 is 4.74 Å². The number of benzene rings is 1. The van der Waals surface area contributed by atoms with E-state index >= 15 is 0 Å². The molecule has 13 heavy (non-hydrogen) atoms. The zero-order valence-electron chi connectivity index (χ0n) is 7.72. The van der Waals surface area contributed by atoms with E-state index in [1.807, 2.05) is 18.2 Å². The molecular weight excluding hydrogens is 184 g/mol. The molecule has 2 rings (SSSR count). The molecule has 2 heteroatoms. The van der Waals surface area contributed by atoms with Crippen LogP contribution in [0.3, 0.4) is 0 Å². The van der Waals surface area contributed by atoms with Crippen LogP contribution >= 0.6 is 11.6 Å². The molecular formula is C11H13ClO. The van der Waals surface area contributed by atoms with E-state index in [2.05, 4.69) is 6.92 Å². The summed E-state index contributed by atoms with van der Waals surface area (Å²) in [6, 6.07) is 5.84. The summed E-state index contributed by atoms with van der Waals surface area (Å²) in [5, 5.41) is 0.792. The van der Waals surface area contributed by atoms with Gasteiger partial charge in [-0.3, -0.25) is 0 Å². The molecule has 0 amide bonds. The predicted octanol–water partition coefficient (Wildman–Crippen LogP) is 3.44. The van der Waals surface area contributed by atoms with Crippen LogP contribution in [0.1, 0.15) is 25.3 Å². The van der Waals surface area contributed by atoms with Crippen LogP contribution in [0.5, 0.6) is 5.75 Å². The molecule has 0 atom stereocenters. The second kappa shape index (κ2) is 3.59. The first-order valence-electron chi connectivity index (χ1n) is 4.74. The molecule has 0 saturated heterocycles. The van der Waals surface area contributed by atoms with Crippen LogP contribution < -0.4 is 4.74 Å². The molecule has 1 aromatic rings. The van der Waals surface area contributed by atoms with Gasteiger partial charge in [0.2, 0.25) is 0 Å². The number of ether oxygens (including phenoxy) is 1. The first-order chi connectivity index (χ1) is 6.29. The first kappa shape index (κ1) is 8.89. The summed E-state index contributed by atoms with van der Waals surface area (Å²) in [5.74, 6) is 1.01. The molecule has 0 heterocycles. The Morgan fingerprint density at radius 3 is 2.85 bits per heavy atom. The van der Waals surface area contributed by atoms with Gasteiger partial charge in [-0.25, -0.2) is 0 Å². The second-order valence-electron chi connectivity index (χ2n) is 3.42. The minimum Gasteiger partial charge on any atom is -0.490 e. The van der Waals surface area contributed by atoms with Gasteiger partial charge in [0, 0.05) is 5.02 Å². The molecule has 0 bridgehead atoms. The highest BCUT2D eigenvalue weighted by Crippen LogP contribution is 2.30. The normalized spacial score (nSPS) is 15.8. The van der Waals surface area contributed by atoms with Gasteiger partial charge in [-0.1, -0.05) is 18.5 Å². The highest BCUT2D eigenvalue weighted by atomic mass is 35.5. The standard InChI is InChI=1S/C11H13ClO/c1-2-8-7-9(12)3-6-11(8)13-10-4-5-10/h3,6-7,10H,2,4-5H2,1H3. The third kappa shape index (κ3) is 2.16. The Balaban J connectivity index is 2.21. The maximum Gasteiger partial charge on any atom is 0.122 e. The molecule has 1 aliphatic carbocycles. The van der Waals surface area contributed by atoms with Crippen LogP contribution in [0.2, 0.25) is 5.02 Å². The average Bonchev–Trinajstić information content (AvgIpc) is 2.92. The van der Waals surface area contributed by atoms with Crippen molar-refractivity contribution in [3.8, 4) is 5.75 Å². The predicted molar refractivity (Wildman–Crippen MR) is 54.5 cm³/mol. The van der Waals surface area contributed by atoms with Crippen molar-refractivity contribution >= 4 is 11.6 Å². The molecule has 1 saturated carbocycles. The summed E-state index contributed by atoms with van der Waals surface area (Å²) in [6.07, 6.45) is 3.84. The number of hydrogen-bond acceptors (Lipinski definition) is 1. The summed E-state index contributed by atoms with van der Waals surface area (Å²) in [6.45, 7) is 2.12. The van der Waals surface area contributed by atoms with Crippen molar-refractivity contribution in [2.75, 3.05) is 0 Å². The molecule has 1 aliphatic rings. The van der Waals surface area contributed by atoms with E-state index in [1.165, 1.54) is 18.4 Å². The monoisotopic (exact) mass is 196 g/mol. The fraction of sp³-hybridized carbons (Fsp3) is 0.455. The molecule has 70 valence electrons. The Bertz CT molecular complexity index is 305. The van der Waals surface area contributed by atoms with E-state index in [4.69, 9.17) is 16.3 Å². The largest absolute Gasteiger partial charge is 0.490 e. The van der Waals surface area contributed by atoms with Gasteiger partial charge in [0.15, 0.2) is 0 Å². The smallest absolute Gasteiger partial charge is 0.122 e. The van der Waals surface area contributed by atoms with Crippen LogP contribution in [0.15, 0.2) is 18.2 Å². The second-order valence-corrected chi connectivity index (χ2v) is 3.86. The summed E-state index contributed by atoms with van der Waals surface area (Å²) in [7, 11) is 0. The topological polar surface area (TPSA) is 9.23 Å². The number of halogens is 1. The SMILES string of the molecule is CCc1cc(Cl)ccc1OC1CC1. The summed E-state index contributed by atoms with van der Waals surface area (Å²) in [4.78, 5) is 0. The van der Waals surface area contributed by atoms with E-state index in [9.17, 15) is 0 Å². The van der Waals surface area contributed by atoms with Crippen molar-refractivity contribution in [1.82, 2.24) is 0 Å². The zero-order valence-corrected chi connectivity index (χ0v) is 8.47. The van der Waals surface area contributed by atoms with E-state index in [1.54, 1.807) is 0 Å². The first-order valence-corrected chi connectivity index (χ1v) is 5.12. The Hall–Kier alpha value is -0.690. The minimum atomic E-state index is 0.464. The fourth-order valence-corrected chi connectivity index (χ4v) is 1.50. The summed E-state index contributed by atoms with van der Waals surface area (Å²) >= 11 is 5.89. The Labute approximate surface area is 83.7 Å². The average molecular weight is 197 g/mol. The third-order valence-corrected chi connectivity index (χ3v) is 2.46. The van der Waals surface area contributed by atoms with Gasteiger partial charge >= 0.3 is 0 Å². The maximum atomic E-state index is 5.89. The van der Waals surface area contributed by atoms with Crippen LogP contribution in [-0.4, -0.2) is 6.10 Å². The van der Waals surface area contributed by atoms with Crippen LogP contribution in [0.4, 0.5) is 0 Å². The third-order valence-electron chi connectivity index (χ3n) is 2.22. The summed E-state index contributed by atoms with van der Waals surface area (Å²) < 4.78 is 5.74. The van der Waals surface area contributed by atoms with Crippen molar-refractivity contribution in [1.29, 1.82) is 0 Å². The van der Waals surface area contributed by atoms with Gasteiger partial charge in [0.25, 0.3) is 0 Å². The van der Waals surface area contributed by atoms with Gasteiger partial charge in [0.05, 0.1) is 6.10 Å². The maximum absolute atomic E-state index is 5.89. The molecule has 1 aromatic carbocycles. The lowest BCUT2D eigenvalue weighted by Crippen LogP contribution is -1.98. The number of aryl methyl sites for hydroxylation is 1. The fourth-order valence-electron chi connectivity index (χ4n) is 1.30. The molecule has 1 nitrogen and oxygen atoms in total. The highest BCUT2D eigenvalue weighted by molar-refractivity contribution is 6.30. The molecule has 0 aliphatic heterocycles. The van der Waals surface area contributed by atoms with Gasteiger partial charge in [-0.15, -0.1) is 0 Å². The lowest BCUT2D eigenvalue weighted by molar-refractivity contribution is 0.300. The quantitative estimate of drug-likeness (QED) is 0.720. The van der Waals surface area contributed by atoms with Crippen LogP contribution in [0, 0.1) is 0 Å². The zero-order chi connectivity index (χ0) is 9.26. The van der Waals surface area contributed by atoms with E-state index in [0.717, 1.165) is 17.2 Å². The lowest BCUT2D eigenvalue weighted by atomic mass is 10.1. The Morgan fingerprint density at radius 2 is 2.23 bits per heavy atom. The summed E-state index contributed by atoms with van der Waals surface area (Å²) in [5.41, 5.74) is 1.21. The van der Waals surface area contributed by atoms with Gasteiger partial charge < -0.3 is 4.74 Å². The van der Waals surface area contributed by atoms with E-state index in [-0.39, 0.29) is 0 Å². The molecule has 0 aromatic heterocycles. The molecule has 0 radical (unpaired) electrons. The van der Waals surface area contributed by atoms with E-state index in [0.29, 0.717) is 6.10 Å². The van der Waals surface area contributed by atoms with Gasteiger partial charge in [-0.2, -0.15) is 0 Å². The Morgan fingerprint density at radius 1 is 1.46 bits per heavy atom. The molecule has 0 unspecified atom stereocenters. The molecule has 0 N–H and O–H groups in total. The van der Waals surface area contributed by atoms with Gasteiger partial charge in [-0.05, 0) is 43.0 Å². The van der Waals surface area contributed by atoms with Crippen molar-refractivity contribution in [2.24, 2.45) is 0 Å².